The zero-order valence-electron chi connectivity index (χ0n) is 13.1. The summed E-state index contributed by atoms with van der Waals surface area (Å²) in [5, 5.41) is 10.4. The molecule has 1 heterocycles. The molecule has 1 aliphatic rings. The highest BCUT2D eigenvalue weighted by Crippen LogP contribution is 2.24. The minimum atomic E-state index is -0.979. The third-order valence-corrected chi connectivity index (χ3v) is 4.40. The number of benzene rings is 2. The van der Waals surface area contributed by atoms with E-state index in [2.05, 4.69) is 0 Å². The van der Waals surface area contributed by atoms with Crippen molar-refractivity contribution in [3.05, 3.63) is 60.2 Å². The molecule has 0 saturated carbocycles. The number of aliphatic hydroxyl groups is 1. The van der Waals surface area contributed by atoms with Gasteiger partial charge >= 0.3 is 0 Å². The second-order valence-electron chi connectivity index (χ2n) is 5.99. The summed E-state index contributed by atoms with van der Waals surface area (Å²) in [7, 11) is 0. The van der Waals surface area contributed by atoms with Crippen molar-refractivity contribution in [2.24, 2.45) is 5.73 Å². The number of nitrogens with zero attached hydrogens (tertiary/aromatic N) is 1. The topological polar surface area (TPSA) is 66.6 Å². The smallest absolute Gasteiger partial charge is 0.242 e. The molecule has 23 heavy (non-hydrogen) atoms. The number of likely N-dealkylation sites (tertiary alicyclic amines) is 1. The summed E-state index contributed by atoms with van der Waals surface area (Å²) < 4.78 is 0. The van der Waals surface area contributed by atoms with Crippen molar-refractivity contribution in [1.82, 2.24) is 4.90 Å². The van der Waals surface area contributed by atoms with E-state index in [1.165, 1.54) is 0 Å². The zero-order chi connectivity index (χ0) is 16.2. The van der Waals surface area contributed by atoms with Crippen molar-refractivity contribution in [3.8, 4) is 11.1 Å². The molecule has 0 aromatic heterocycles. The first kappa shape index (κ1) is 15.7. The van der Waals surface area contributed by atoms with Crippen LogP contribution in [0.2, 0.25) is 0 Å². The Labute approximate surface area is 136 Å². The van der Waals surface area contributed by atoms with Crippen LogP contribution >= 0.6 is 0 Å². The van der Waals surface area contributed by atoms with E-state index in [4.69, 9.17) is 5.73 Å². The average Bonchev–Trinajstić information content (AvgIpc) is 3.15. The van der Waals surface area contributed by atoms with Gasteiger partial charge in [0.25, 0.3) is 0 Å². The largest absolute Gasteiger partial charge is 0.386 e. The second-order valence-corrected chi connectivity index (χ2v) is 5.99. The summed E-state index contributed by atoms with van der Waals surface area (Å²) in [6.07, 6.45) is 1.05. The van der Waals surface area contributed by atoms with Crippen molar-refractivity contribution in [3.63, 3.8) is 0 Å². The first-order chi connectivity index (χ1) is 11.2. The highest BCUT2D eigenvalue weighted by molar-refractivity contribution is 5.82. The number of rotatable bonds is 4. The van der Waals surface area contributed by atoms with Crippen LogP contribution in [0.5, 0.6) is 0 Å². The van der Waals surface area contributed by atoms with Gasteiger partial charge in [-0.05, 0) is 29.5 Å². The molecule has 0 aliphatic carbocycles. The van der Waals surface area contributed by atoms with E-state index in [1.54, 1.807) is 4.90 Å². The van der Waals surface area contributed by atoms with Crippen LogP contribution in [0.15, 0.2) is 54.6 Å². The molecule has 3 N–H and O–H groups in total. The summed E-state index contributed by atoms with van der Waals surface area (Å²) >= 11 is 0. The minimum Gasteiger partial charge on any atom is -0.386 e. The van der Waals surface area contributed by atoms with Gasteiger partial charge < -0.3 is 15.7 Å². The van der Waals surface area contributed by atoms with Crippen LogP contribution in [0.25, 0.3) is 11.1 Å². The van der Waals surface area contributed by atoms with Crippen LogP contribution in [-0.4, -0.2) is 35.0 Å². The van der Waals surface area contributed by atoms with E-state index in [9.17, 15) is 9.90 Å². The van der Waals surface area contributed by atoms with Gasteiger partial charge in [-0.25, -0.2) is 0 Å². The van der Waals surface area contributed by atoms with Crippen molar-refractivity contribution in [1.29, 1.82) is 0 Å². The lowest BCUT2D eigenvalue weighted by Gasteiger charge is -2.24. The monoisotopic (exact) mass is 310 g/mol. The summed E-state index contributed by atoms with van der Waals surface area (Å²) in [5.41, 5.74) is 8.84. The van der Waals surface area contributed by atoms with Gasteiger partial charge in [-0.3, -0.25) is 4.79 Å². The van der Waals surface area contributed by atoms with Crippen LogP contribution in [0.1, 0.15) is 24.5 Å². The SMILES string of the molecule is N[C@H](C(=O)N1CCCC1)[C@@H](O)c1ccc(-c2ccccc2)cc1. The molecule has 120 valence electrons. The standard InChI is InChI=1S/C19H22N2O2/c20-17(19(23)21-12-4-5-13-21)18(22)16-10-8-15(9-11-16)14-6-2-1-3-7-14/h1-3,6-11,17-18,22H,4-5,12-13,20H2/t17-,18-/m0/s1. The van der Waals surface area contributed by atoms with Crippen LogP contribution in [0.3, 0.4) is 0 Å². The van der Waals surface area contributed by atoms with Gasteiger partial charge in [0.15, 0.2) is 0 Å². The molecular weight excluding hydrogens is 288 g/mol. The molecule has 4 nitrogen and oxygen atoms in total. The lowest BCUT2D eigenvalue weighted by Crippen LogP contribution is -2.45. The number of hydrogen-bond donors (Lipinski definition) is 2. The lowest BCUT2D eigenvalue weighted by atomic mass is 9.98. The highest BCUT2D eigenvalue weighted by atomic mass is 16.3. The Morgan fingerprint density at radius 1 is 0.957 bits per heavy atom. The zero-order valence-corrected chi connectivity index (χ0v) is 13.1. The highest BCUT2D eigenvalue weighted by Gasteiger charge is 2.29. The van der Waals surface area contributed by atoms with Crippen molar-refractivity contribution in [2.75, 3.05) is 13.1 Å². The van der Waals surface area contributed by atoms with Crippen molar-refractivity contribution < 1.29 is 9.90 Å². The summed E-state index contributed by atoms with van der Waals surface area (Å²) in [6, 6.07) is 16.7. The van der Waals surface area contributed by atoms with Crippen LogP contribution < -0.4 is 5.73 Å². The first-order valence-corrected chi connectivity index (χ1v) is 8.04. The summed E-state index contributed by atoms with van der Waals surface area (Å²) in [6.45, 7) is 1.48. The van der Waals surface area contributed by atoms with Gasteiger partial charge in [-0.1, -0.05) is 54.6 Å². The Balaban J connectivity index is 1.72. The Morgan fingerprint density at radius 2 is 1.52 bits per heavy atom. The average molecular weight is 310 g/mol. The number of carbonyl (C=O) groups is 1. The Hall–Kier alpha value is -2.17. The number of carbonyl (C=O) groups excluding carboxylic acids is 1. The molecule has 3 rings (SSSR count). The fourth-order valence-corrected chi connectivity index (χ4v) is 2.99. The van der Waals surface area contributed by atoms with E-state index >= 15 is 0 Å². The van der Waals surface area contributed by atoms with Gasteiger partial charge in [0.05, 0.1) is 0 Å². The molecule has 0 spiro atoms. The molecule has 1 aliphatic heterocycles. The maximum Gasteiger partial charge on any atom is 0.242 e. The van der Waals surface area contributed by atoms with E-state index in [0.29, 0.717) is 5.56 Å². The first-order valence-electron chi connectivity index (χ1n) is 8.04. The quantitative estimate of drug-likeness (QED) is 0.911. The predicted octanol–water partition coefficient (Wildman–Crippen LogP) is 2.34. The molecule has 1 amide bonds. The molecule has 4 heteroatoms. The molecule has 0 unspecified atom stereocenters. The summed E-state index contributed by atoms with van der Waals surface area (Å²) in [4.78, 5) is 14.0. The van der Waals surface area contributed by atoms with E-state index in [1.807, 2.05) is 54.6 Å². The Bertz CT molecular complexity index is 649. The van der Waals surface area contributed by atoms with Crippen molar-refractivity contribution in [2.45, 2.75) is 25.0 Å². The number of aliphatic hydroxyl groups excluding tert-OH is 1. The van der Waals surface area contributed by atoms with Gasteiger partial charge in [0.2, 0.25) is 5.91 Å². The summed E-state index contributed by atoms with van der Waals surface area (Å²) in [5.74, 6) is -0.165. The van der Waals surface area contributed by atoms with Crippen molar-refractivity contribution >= 4 is 5.91 Å². The van der Waals surface area contributed by atoms with Crippen LogP contribution in [-0.2, 0) is 4.79 Å². The molecule has 2 aromatic rings. The fourth-order valence-electron chi connectivity index (χ4n) is 2.99. The minimum absolute atomic E-state index is 0.165. The molecule has 2 aromatic carbocycles. The molecule has 1 saturated heterocycles. The van der Waals surface area contributed by atoms with Gasteiger partial charge in [-0.2, -0.15) is 0 Å². The third-order valence-electron chi connectivity index (χ3n) is 4.40. The maximum absolute atomic E-state index is 12.3. The maximum atomic E-state index is 12.3. The van der Waals surface area contributed by atoms with E-state index in [0.717, 1.165) is 37.1 Å². The second kappa shape index (κ2) is 6.94. The van der Waals surface area contributed by atoms with Crippen LogP contribution in [0.4, 0.5) is 0 Å². The molecule has 0 radical (unpaired) electrons. The van der Waals surface area contributed by atoms with Gasteiger partial charge in [0.1, 0.15) is 12.1 Å². The lowest BCUT2D eigenvalue weighted by molar-refractivity contribution is -0.134. The molecule has 2 atom stereocenters. The normalized spacial score (nSPS) is 17.0. The Kier molecular flexibility index (Phi) is 4.74. The van der Waals surface area contributed by atoms with Gasteiger partial charge in [-0.15, -0.1) is 0 Å². The van der Waals surface area contributed by atoms with E-state index < -0.39 is 12.1 Å². The molecule has 1 fully saturated rings. The fraction of sp³-hybridized carbons (Fsp3) is 0.316. The predicted molar refractivity (Wildman–Crippen MR) is 90.6 cm³/mol. The number of nitrogens with two attached hydrogens (primary N) is 1. The van der Waals surface area contributed by atoms with Gasteiger partial charge in [0, 0.05) is 13.1 Å². The van der Waals surface area contributed by atoms with Crippen LogP contribution in [0, 0.1) is 0 Å². The number of amides is 1. The van der Waals surface area contributed by atoms with E-state index in [-0.39, 0.29) is 5.91 Å². The molecule has 0 bridgehead atoms. The Morgan fingerprint density at radius 3 is 2.13 bits per heavy atom. The number of hydrogen-bond acceptors (Lipinski definition) is 3. The third kappa shape index (κ3) is 3.44. The molecular formula is C19H22N2O2.